The van der Waals surface area contributed by atoms with Crippen LogP contribution in [-0.2, 0) is 29.2 Å². The lowest BCUT2D eigenvalue weighted by Crippen LogP contribution is -2.47. The molecule has 1 aliphatic rings. The summed E-state index contributed by atoms with van der Waals surface area (Å²) < 4.78 is 1.79. The normalized spacial score (nSPS) is 15.1. The summed E-state index contributed by atoms with van der Waals surface area (Å²) in [6, 6.07) is 18.0. The Balaban J connectivity index is 1.46. The summed E-state index contributed by atoms with van der Waals surface area (Å²) in [4.78, 5) is 48.1. The van der Waals surface area contributed by atoms with E-state index >= 15 is 0 Å². The van der Waals surface area contributed by atoms with Crippen LogP contribution >= 0.6 is 11.3 Å². The number of benzene rings is 2. The Bertz CT molecular complexity index is 1670. The molecule has 0 saturated heterocycles. The van der Waals surface area contributed by atoms with Crippen LogP contribution in [0.2, 0.25) is 0 Å². The number of rotatable bonds is 8. The van der Waals surface area contributed by atoms with E-state index in [0.29, 0.717) is 26.2 Å². The average Bonchev–Trinajstić information content (AvgIpc) is 3.26. The van der Waals surface area contributed by atoms with Gasteiger partial charge in [0, 0.05) is 61.1 Å². The van der Waals surface area contributed by atoms with E-state index in [-0.39, 0.29) is 17.4 Å². The Morgan fingerprint density at radius 3 is 2.37 bits per heavy atom. The van der Waals surface area contributed by atoms with Crippen molar-refractivity contribution in [2.75, 3.05) is 29.9 Å². The minimum atomic E-state index is -1.14. The smallest absolute Gasteiger partial charge is 0.258 e. The molecule has 0 fully saturated rings. The van der Waals surface area contributed by atoms with Crippen LogP contribution in [0.5, 0.6) is 0 Å². The minimum absolute atomic E-state index is 0.0166. The number of nitrogens with zero attached hydrogens (tertiary/aromatic N) is 4. The molecule has 0 saturated carbocycles. The van der Waals surface area contributed by atoms with E-state index < -0.39 is 5.41 Å². The van der Waals surface area contributed by atoms with Gasteiger partial charge in [-0.25, -0.2) is 0 Å². The van der Waals surface area contributed by atoms with Crippen molar-refractivity contribution in [2.24, 2.45) is 5.41 Å². The van der Waals surface area contributed by atoms with Gasteiger partial charge in [-0.1, -0.05) is 24.3 Å². The van der Waals surface area contributed by atoms with Crippen molar-refractivity contribution in [1.82, 2.24) is 9.47 Å². The zero-order valence-corrected chi connectivity index (χ0v) is 25.5. The Labute approximate surface area is 245 Å². The van der Waals surface area contributed by atoms with Gasteiger partial charge in [0.05, 0.1) is 11.4 Å². The molecule has 8 heteroatoms. The average molecular weight is 571 g/mol. The lowest BCUT2D eigenvalue weighted by Gasteiger charge is -2.27. The molecule has 3 heterocycles. The second-order valence-electron chi connectivity index (χ2n) is 11.4. The van der Waals surface area contributed by atoms with Gasteiger partial charge in [-0.15, -0.1) is 11.3 Å². The van der Waals surface area contributed by atoms with E-state index in [4.69, 9.17) is 0 Å². The van der Waals surface area contributed by atoms with E-state index in [1.165, 1.54) is 15.3 Å². The molecule has 0 atom stereocenters. The molecular weight excluding hydrogens is 532 g/mol. The summed E-state index contributed by atoms with van der Waals surface area (Å²) in [6.45, 7) is 12.7. The lowest BCUT2D eigenvalue weighted by molar-refractivity contribution is -0.137. The summed E-state index contributed by atoms with van der Waals surface area (Å²) in [5.41, 5.74) is 2.69. The zero-order chi connectivity index (χ0) is 29.5. The van der Waals surface area contributed by atoms with Crippen molar-refractivity contribution in [3.8, 4) is 0 Å². The third kappa shape index (κ3) is 5.46. The maximum atomic E-state index is 13.3. The van der Waals surface area contributed by atoms with Gasteiger partial charge in [0.25, 0.3) is 5.56 Å². The lowest BCUT2D eigenvalue weighted by atomic mass is 9.90. The van der Waals surface area contributed by atoms with Crippen LogP contribution in [0.4, 0.5) is 11.4 Å². The van der Waals surface area contributed by atoms with E-state index in [1.807, 2.05) is 61.7 Å². The van der Waals surface area contributed by atoms with Crippen molar-refractivity contribution < 1.29 is 9.59 Å². The first-order valence-electron chi connectivity index (χ1n) is 14.1. The van der Waals surface area contributed by atoms with Gasteiger partial charge >= 0.3 is 0 Å². The Morgan fingerprint density at radius 1 is 0.902 bits per heavy atom. The number of fused-ring (bicyclic) bond motifs is 2. The fourth-order valence-electron chi connectivity index (χ4n) is 5.62. The third-order valence-electron chi connectivity index (χ3n) is 8.17. The molecule has 0 N–H and O–H groups in total. The molecule has 4 aromatic rings. The molecule has 1 aliphatic heterocycles. The van der Waals surface area contributed by atoms with Crippen LogP contribution in [0.15, 0.2) is 65.6 Å². The SMILES string of the molecule is CCN1C(=O)C(C)(C)C(=O)N(C)c2cc(CN(CCn3ccc4ccccc4c3=O)Cc3cc(C)c(C)s3)ccc21. The third-order valence-corrected chi connectivity index (χ3v) is 9.31. The molecule has 41 heavy (non-hydrogen) atoms. The highest BCUT2D eigenvalue weighted by atomic mass is 32.1. The highest BCUT2D eigenvalue weighted by Crippen LogP contribution is 2.39. The molecule has 2 aromatic carbocycles. The Morgan fingerprint density at radius 2 is 1.66 bits per heavy atom. The van der Waals surface area contributed by atoms with Crippen molar-refractivity contribution >= 4 is 45.3 Å². The van der Waals surface area contributed by atoms with Gasteiger partial charge < -0.3 is 14.4 Å². The van der Waals surface area contributed by atoms with E-state index in [2.05, 4.69) is 24.8 Å². The van der Waals surface area contributed by atoms with Crippen LogP contribution in [0.1, 0.15) is 41.7 Å². The number of thiophene rings is 1. The predicted molar refractivity (Wildman–Crippen MR) is 168 cm³/mol. The number of amides is 2. The molecule has 7 nitrogen and oxygen atoms in total. The van der Waals surface area contributed by atoms with Gasteiger partial charge in [0.2, 0.25) is 11.8 Å². The van der Waals surface area contributed by atoms with Crippen LogP contribution in [0, 0.1) is 19.3 Å². The molecule has 0 aliphatic carbocycles. The Hall–Kier alpha value is -3.75. The van der Waals surface area contributed by atoms with Crippen molar-refractivity contribution in [3.63, 3.8) is 0 Å². The molecular formula is C33H38N4O3S. The van der Waals surface area contributed by atoms with Crippen molar-refractivity contribution in [1.29, 1.82) is 0 Å². The van der Waals surface area contributed by atoms with Gasteiger partial charge in [-0.05, 0) is 81.5 Å². The van der Waals surface area contributed by atoms with E-state index in [9.17, 15) is 14.4 Å². The highest BCUT2D eigenvalue weighted by Gasteiger charge is 2.45. The number of pyridine rings is 1. The van der Waals surface area contributed by atoms with E-state index in [0.717, 1.165) is 34.3 Å². The monoisotopic (exact) mass is 570 g/mol. The minimum Gasteiger partial charge on any atom is -0.314 e. The first-order chi connectivity index (χ1) is 19.5. The van der Waals surface area contributed by atoms with Crippen LogP contribution in [-0.4, -0.2) is 41.4 Å². The number of aryl methyl sites for hydroxylation is 2. The Kier molecular flexibility index (Phi) is 7.90. The van der Waals surface area contributed by atoms with Crippen LogP contribution in [0.25, 0.3) is 10.8 Å². The molecule has 0 radical (unpaired) electrons. The number of anilines is 2. The largest absolute Gasteiger partial charge is 0.314 e. The maximum absolute atomic E-state index is 13.3. The van der Waals surface area contributed by atoms with Crippen LogP contribution < -0.4 is 15.4 Å². The van der Waals surface area contributed by atoms with Crippen molar-refractivity contribution in [2.45, 2.75) is 54.3 Å². The second kappa shape index (κ2) is 11.3. The quantitative estimate of drug-likeness (QED) is 0.254. The van der Waals surface area contributed by atoms with Gasteiger partial charge in [-0.2, -0.15) is 0 Å². The fourth-order valence-corrected chi connectivity index (χ4v) is 6.72. The number of carbonyl (C=O) groups is 2. The standard InChI is InChI=1S/C33H38N4O3S/c1-7-37-28-13-12-24(19-29(28)34(6)31(39)33(4,5)32(37)40)20-35(21-26-18-22(2)23(3)41-26)16-17-36-15-14-25-10-8-9-11-27(25)30(36)38/h8-15,18-19H,7,16-17,20-21H2,1-6H3. The molecule has 2 amide bonds. The van der Waals surface area contributed by atoms with E-state index in [1.54, 1.807) is 46.6 Å². The summed E-state index contributed by atoms with van der Waals surface area (Å²) >= 11 is 1.80. The molecule has 214 valence electrons. The summed E-state index contributed by atoms with van der Waals surface area (Å²) in [5.74, 6) is -0.400. The number of hydrogen-bond acceptors (Lipinski definition) is 5. The van der Waals surface area contributed by atoms with Crippen molar-refractivity contribution in [3.05, 3.63) is 92.0 Å². The van der Waals surface area contributed by atoms with Gasteiger partial charge in [0.15, 0.2) is 0 Å². The molecule has 5 rings (SSSR count). The molecule has 0 spiro atoms. The number of aromatic nitrogens is 1. The van der Waals surface area contributed by atoms with Gasteiger partial charge in [0.1, 0.15) is 5.41 Å². The first kappa shape index (κ1) is 28.8. The van der Waals surface area contributed by atoms with Gasteiger partial charge in [-0.3, -0.25) is 19.3 Å². The second-order valence-corrected chi connectivity index (χ2v) is 12.8. The zero-order valence-electron chi connectivity index (χ0n) is 24.7. The van der Waals surface area contributed by atoms with Crippen LogP contribution in [0.3, 0.4) is 0 Å². The maximum Gasteiger partial charge on any atom is 0.258 e. The highest BCUT2D eigenvalue weighted by molar-refractivity contribution is 7.12. The molecule has 0 bridgehead atoms. The first-order valence-corrected chi connectivity index (χ1v) is 14.9. The number of carbonyl (C=O) groups excluding carboxylic acids is 2. The summed E-state index contributed by atoms with van der Waals surface area (Å²) in [7, 11) is 1.75. The molecule has 0 unspecified atom stereocenters. The summed E-state index contributed by atoms with van der Waals surface area (Å²) in [6.07, 6.45) is 1.88. The number of hydrogen-bond donors (Lipinski definition) is 0. The fraction of sp³-hybridized carbons (Fsp3) is 0.364. The summed E-state index contributed by atoms with van der Waals surface area (Å²) in [5, 5.41) is 1.67. The topological polar surface area (TPSA) is 65.9 Å². The molecule has 2 aromatic heterocycles. The predicted octanol–water partition coefficient (Wildman–Crippen LogP) is 5.74.